The van der Waals surface area contributed by atoms with Gasteiger partial charge in [0.05, 0.1) is 17.7 Å². The summed E-state index contributed by atoms with van der Waals surface area (Å²) in [5, 5.41) is 14.8. The van der Waals surface area contributed by atoms with Crippen molar-refractivity contribution < 1.29 is 9.59 Å². The maximum atomic E-state index is 12.6. The van der Waals surface area contributed by atoms with E-state index in [4.69, 9.17) is 0 Å². The summed E-state index contributed by atoms with van der Waals surface area (Å²) in [6.07, 6.45) is 0.982. The van der Waals surface area contributed by atoms with E-state index in [0.29, 0.717) is 16.4 Å². The first kappa shape index (κ1) is 19.2. The molecule has 0 atom stereocenters. The number of hydrogen-bond acceptors (Lipinski definition) is 5. The van der Waals surface area contributed by atoms with Gasteiger partial charge in [-0.15, -0.1) is 10.2 Å². The number of benzene rings is 2. The number of halogens is 1. The smallest absolute Gasteiger partial charge is 0.259 e. The first-order chi connectivity index (χ1) is 13.0. The number of aromatic nitrogens is 2. The fourth-order valence-corrected chi connectivity index (χ4v) is 3.32. The number of carbonyl (C=O) groups excluding carboxylic acids is 2. The summed E-state index contributed by atoms with van der Waals surface area (Å²) in [5.41, 5.74) is 1.71. The zero-order chi connectivity index (χ0) is 19.2. The standard InChI is InChI=1S/C19H17BrN4O2S/c1-2-17-23-24-19(27-17)22-18(26)14-5-3-4-6-15(14)21-16(25)11-12-7-9-13(20)10-8-12/h3-10H,2,11H2,1H3,(H,21,25)(H,22,24,26). The number of nitrogens with one attached hydrogen (secondary N) is 2. The van der Waals surface area contributed by atoms with Gasteiger partial charge in [0.25, 0.3) is 5.91 Å². The molecule has 3 rings (SSSR count). The van der Waals surface area contributed by atoms with E-state index < -0.39 is 0 Å². The van der Waals surface area contributed by atoms with Crippen molar-refractivity contribution in [2.24, 2.45) is 0 Å². The largest absolute Gasteiger partial charge is 0.325 e. The highest BCUT2D eigenvalue weighted by Crippen LogP contribution is 2.20. The summed E-state index contributed by atoms with van der Waals surface area (Å²) < 4.78 is 0.955. The maximum absolute atomic E-state index is 12.6. The molecule has 3 aromatic rings. The van der Waals surface area contributed by atoms with Crippen LogP contribution in [-0.4, -0.2) is 22.0 Å². The Bertz CT molecular complexity index is 956. The number of aryl methyl sites for hydroxylation is 1. The van der Waals surface area contributed by atoms with Crippen molar-refractivity contribution in [1.82, 2.24) is 10.2 Å². The highest BCUT2D eigenvalue weighted by Gasteiger charge is 2.15. The molecule has 8 heteroatoms. The SMILES string of the molecule is CCc1nnc(NC(=O)c2ccccc2NC(=O)Cc2ccc(Br)cc2)s1. The van der Waals surface area contributed by atoms with Gasteiger partial charge in [0, 0.05) is 4.47 Å². The summed E-state index contributed by atoms with van der Waals surface area (Å²) in [7, 11) is 0. The lowest BCUT2D eigenvalue weighted by Gasteiger charge is -2.10. The molecule has 0 saturated heterocycles. The van der Waals surface area contributed by atoms with Crippen LogP contribution >= 0.6 is 27.3 Å². The molecule has 0 bridgehead atoms. The van der Waals surface area contributed by atoms with E-state index in [0.717, 1.165) is 21.5 Å². The number of rotatable bonds is 6. The average Bonchev–Trinajstić information content (AvgIpc) is 3.11. The van der Waals surface area contributed by atoms with Crippen molar-refractivity contribution in [3.8, 4) is 0 Å². The van der Waals surface area contributed by atoms with Crippen LogP contribution < -0.4 is 10.6 Å². The number of para-hydroxylation sites is 1. The molecule has 0 saturated carbocycles. The van der Waals surface area contributed by atoms with Crippen LogP contribution in [-0.2, 0) is 17.6 Å². The fourth-order valence-electron chi connectivity index (χ4n) is 2.38. The van der Waals surface area contributed by atoms with Gasteiger partial charge in [-0.05, 0) is 36.2 Å². The minimum absolute atomic E-state index is 0.193. The Morgan fingerprint density at radius 2 is 1.78 bits per heavy atom. The molecular formula is C19H17BrN4O2S. The molecule has 2 N–H and O–H groups in total. The Hall–Kier alpha value is -2.58. The number of nitrogens with zero attached hydrogens (tertiary/aromatic N) is 2. The quantitative estimate of drug-likeness (QED) is 0.593. The van der Waals surface area contributed by atoms with E-state index in [1.807, 2.05) is 31.2 Å². The van der Waals surface area contributed by atoms with Gasteiger partial charge in [0.15, 0.2) is 0 Å². The van der Waals surface area contributed by atoms with Crippen LogP contribution in [0.2, 0.25) is 0 Å². The maximum Gasteiger partial charge on any atom is 0.259 e. The van der Waals surface area contributed by atoms with Crippen LogP contribution in [0.4, 0.5) is 10.8 Å². The molecule has 0 spiro atoms. The summed E-state index contributed by atoms with van der Waals surface area (Å²) >= 11 is 4.70. The third kappa shape index (κ3) is 5.21. The molecule has 138 valence electrons. The number of carbonyl (C=O) groups is 2. The first-order valence-electron chi connectivity index (χ1n) is 8.32. The molecule has 6 nitrogen and oxygen atoms in total. The Labute approximate surface area is 169 Å². The molecule has 0 aliphatic heterocycles. The van der Waals surface area contributed by atoms with Crippen molar-refractivity contribution in [2.45, 2.75) is 19.8 Å². The van der Waals surface area contributed by atoms with Gasteiger partial charge in [-0.2, -0.15) is 0 Å². The van der Waals surface area contributed by atoms with Gasteiger partial charge in [-0.25, -0.2) is 0 Å². The van der Waals surface area contributed by atoms with Gasteiger partial charge in [0.1, 0.15) is 5.01 Å². The lowest BCUT2D eigenvalue weighted by molar-refractivity contribution is -0.115. The molecule has 1 aromatic heterocycles. The Balaban J connectivity index is 1.70. The van der Waals surface area contributed by atoms with Gasteiger partial charge in [-0.1, -0.05) is 58.5 Å². The van der Waals surface area contributed by atoms with Gasteiger partial charge in [0.2, 0.25) is 11.0 Å². The molecule has 2 aromatic carbocycles. The minimum atomic E-state index is -0.339. The van der Waals surface area contributed by atoms with Crippen LogP contribution in [0.25, 0.3) is 0 Å². The molecular weight excluding hydrogens is 428 g/mol. The van der Waals surface area contributed by atoms with Crippen LogP contribution in [0.5, 0.6) is 0 Å². The lowest BCUT2D eigenvalue weighted by atomic mass is 10.1. The van der Waals surface area contributed by atoms with Crippen LogP contribution in [0.15, 0.2) is 53.0 Å². The Morgan fingerprint density at radius 3 is 2.48 bits per heavy atom. The van der Waals surface area contributed by atoms with Gasteiger partial charge >= 0.3 is 0 Å². The van der Waals surface area contributed by atoms with Crippen molar-refractivity contribution >= 4 is 49.9 Å². The highest BCUT2D eigenvalue weighted by molar-refractivity contribution is 9.10. The summed E-state index contributed by atoms with van der Waals surface area (Å²) in [6.45, 7) is 1.97. The summed E-state index contributed by atoms with van der Waals surface area (Å²) in [4.78, 5) is 24.9. The van der Waals surface area contributed by atoms with Crippen LogP contribution in [0, 0.1) is 0 Å². The Kier molecular flexibility index (Phi) is 6.31. The van der Waals surface area contributed by atoms with E-state index in [9.17, 15) is 9.59 Å². The number of amides is 2. The molecule has 2 amide bonds. The molecule has 0 radical (unpaired) electrons. The van der Waals surface area contributed by atoms with E-state index in [2.05, 4.69) is 36.8 Å². The van der Waals surface area contributed by atoms with Gasteiger partial charge in [-0.3, -0.25) is 14.9 Å². The van der Waals surface area contributed by atoms with Crippen LogP contribution in [0.3, 0.4) is 0 Å². The van der Waals surface area contributed by atoms with Crippen LogP contribution in [0.1, 0.15) is 27.9 Å². The summed E-state index contributed by atoms with van der Waals surface area (Å²) in [6, 6.07) is 14.4. The van der Waals surface area contributed by atoms with Gasteiger partial charge < -0.3 is 5.32 Å². The zero-order valence-corrected chi connectivity index (χ0v) is 16.9. The third-order valence-electron chi connectivity index (χ3n) is 3.71. The minimum Gasteiger partial charge on any atom is -0.325 e. The highest BCUT2D eigenvalue weighted by atomic mass is 79.9. The average molecular weight is 445 g/mol. The van der Waals surface area contributed by atoms with E-state index in [1.165, 1.54) is 11.3 Å². The zero-order valence-electron chi connectivity index (χ0n) is 14.5. The number of anilines is 2. The second-order valence-electron chi connectivity index (χ2n) is 5.71. The Morgan fingerprint density at radius 1 is 1.04 bits per heavy atom. The first-order valence-corrected chi connectivity index (χ1v) is 9.93. The lowest BCUT2D eigenvalue weighted by Crippen LogP contribution is -2.19. The second-order valence-corrected chi connectivity index (χ2v) is 7.68. The predicted molar refractivity (Wildman–Crippen MR) is 110 cm³/mol. The van der Waals surface area contributed by atoms with Crippen molar-refractivity contribution in [1.29, 1.82) is 0 Å². The van der Waals surface area contributed by atoms with E-state index in [1.54, 1.807) is 24.3 Å². The molecule has 27 heavy (non-hydrogen) atoms. The second kappa shape index (κ2) is 8.88. The van der Waals surface area contributed by atoms with Crippen molar-refractivity contribution in [3.63, 3.8) is 0 Å². The van der Waals surface area contributed by atoms with Crippen molar-refractivity contribution in [2.75, 3.05) is 10.6 Å². The normalized spacial score (nSPS) is 10.4. The third-order valence-corrected chi connectivity index (χ3v) is 5.23. The fraction of sp³-hybridized carbons (Fsp3) is 0.158. The molecule has 0 fully saturated rings. The molecule has 0 aliphatic rings. The van der Waals surface area contributed by atoms with Crippen molar-refractivity contribution in [3.05, 3.63) is 69.1 Å². The van der Waals surface area contributed by atoms with E-state index >= 15 is 0 Å². The van der Waals surface area contributed by atoms with E-state index in [-0.39, 0.29) is 18.2 Å². The molecule has 1 heterocycles. The molecule has 0 unspecified atom stereocenters. The number of hydrogen-bond donors (Lipinski definition) is 2. The summed E-state index contributed by atoms with van der Waals surface area (Å²) in [5.74, 6) is -0.532. The predicted octanol–water partition coefficient (Wildman–Crippen LogP) is 4.30. The topological polar surface area (TPSA) is 84.0 Å². The monoisotopic (exact) mass is 444 g/mol. The molecule has 0 aliphatic carbocycles.